The molecule has 0 bridgehead atoms. The SMILES string of the molecule is Cl.O=C(C1CC12CCNCC2)N1CCC(n2cc(Br)cn2)CC1. The summed E-state index contributed by atoms with van der Waals surface area (Å²) >= 11 is 3.45. The van der Waals surface area contributed by atoms with E-state index in [1.807, 2.05) is 17.1 Å². The van der Waals surface area contributed by atoms with Crippen molar-refractivity contribution in [3.8, 4) is 0 Å². The van der Waals surface area contributed by atoms with Gasteiger partial charge in [-0.2, -0.15) is 5.10 Å². The van der Waals surface area contributed by atoms with Crippen LogP contribution in [0, 0.1) is 11.3 Å². The van der Waals surface area contributed by atoms with Crippen LogP contribution in [0.4, 0.5) is 0 Å². The zero-order valence-electron chi connectivity index (χ0n) is 13.2. The Morgan fingerprint density at radius 3 is 2.61 bits per heavy atom. The Balaban J connectivity index is 0.00000156. The summed E-state index contributed by atoms with van der Waals surface area (Å²) in [6.45, 7) is 3.93. The second-order valence-electron chi connectivity index (χ2n) is 7.06. The average Bonchev–Trinajstić information content (AvgIpc) is 3.05. The largest absolute Gasteiger partial charge is 0.342 e. The van der Waals surface area contributed by atoms with Crippen molar-refractivity contribution in [2.24, 2.45) is 11.3 Å². The van der Waals surface area contributed by atoms with E-state index in [0.717, 1.165) is 49.9 Å². The van der Waals surface area contributed by atoms with Gasteiger partial charge in [0.25, 0.3) is 0 Å². The van der Waals surface area contributed by atoms with Crippen LogP contribution < -0.4 is 5.32 Å². The number of carbonyl (C=O) groups is 1. The standard InChI is InChI=1S/C16H23BrN4O.ClH/c17-12-10-19-21(11-12)13-1-7-20(8-2-13)15(22)14-9-16(14)3-5-18-6-4-16;/h10-11,13-14,18H,1-9H2;1H. The Hall–Kier alpha value is -0.590. The van der Waals surface area contributed by atoms with Gasteiger partial charge in [-0.1, -0.05) is 0 Å². The molecule has 3 heterocycles. The van der Waals surface area contributed by atoms with Gasteiger partial charge < -0.3 is 10.2 Å². The number of nitrogens with zero attached hydrogens (tertiary/aromatic N) is 3. The number of likely N-dealkylation sites (tertiary alicyclic amines) is 1. The Labute approximate surface area is 151 Å². The van der Waals surface area contributed by atoms with Crippen molar-refractivity contribution in [1.29, 1.82) is 0 Å². The lowest BCUT2D eigenvalue weighted by Crippen LogP contribution is -2.41. The van der Waals surface area contributed by atoms with E-state index in [-0.39, 0.29) is 12.4 Å². The van der Waals surface area contributed by atoms with Crippen molar-refractivity contribution < 1.29 is 4.79 Å². The number of hydrogen-bond acceptors (Lipinski definition) is 3. The lowest BCUT2D eigenvalue weighted by atomic mass is 9.91. The first-order chi connectivity index (χ1) is 10.7. The first-order valence-electron chi connectivity index (χ1n) is 8.37. The molecule has 4 rings (SSSR count). The molecule has 1 unspecified atom stereocenters. The molecule has 1 aromatic heterocycles. The van der Waals surface area contributed by atoms with E-state index in [1.165, 1.54) is 12.8 Å². The molecule has 7 heteroatoms. The van der Waals surface area contributed by atoms with Crippen molar-refractivity contribution in [3.05, 3.63) is 16.9 Å². The van der Waals surface area contributed by atoms with Crippen LogP contribution in [-0.4, -0.2) is 46.8 Å². The van der Waals surface area contributed by atoms with Crippen molar-refractivity contribution >= 4 is 34.2 Å². The molecule has 2 aliphatic heterocycles. The van der Waals surface area contributed by atoms with Crippen molar-refractivity contribution in [2.75, 3.05) is 26.2 Å². The third-order valence-electron chi connectivity index (χ3n) is 5.81. The number of aromatic nitrogens is 2. The summed E-state index contributed by atoms with van der Waals surface area (Å²) in [6.07, 6.45) is 9.39. The molecule has 1 aromatic rings. The minimum atomic E-state index is 0. The van der Waals surface area contributed by atoms with E-state index in [4.69, 9.17) is 0 Å². The summed E-state index contributed by atoms with van der Waals surface area (Å²) in [4.78, 5) is 14.9. The monoisotopic (exact) mass is 402 g/mol. The molecule has 3 fully saturated rings. The van der Waals surface area contributed by atoms with Crippen LogP contribution in [0.25, 0.3) is 0 Å². The maximum Gasteiger partial charge on any atom is 0.226 e. The van der Waals surface area contributed by atoms with E-state index in [0.29, 0.717) is 23.3 Å². The van der Waals surface area contributed by atoms with Gasteiger partial charge >= 0.3 is 0 Å². The normalized spacial score (nSPS) is 26.8. The van der Waals surface area contributed by atoms with Crippen LogP contribution in [0.15, 0.2) is 16.9 Å². The molecule has 1 aliphatic carbocycles. The molecule has 5 nitrogen and oxygen atoms in total. The third kappa shape index (κ3) is 3.30. The number of carbonyl (C=O) groups excluding carboxylic acids is 1. The Morgan fingerprint density at radius 2 is 2.00 bits per heavy atom. The van der Waals surface area contributed by atoms with Gasteiger partial charge in [0.2, 0.25) is 5.91 Å². The molecular formula is C16H24BrClN4O. The summed E-state index contributed by atoms with van der Waals surface area (Å²) in [6, 6.07) is 0.433. The highest BCUT2D eigenvalue weighted by Gasteiger charge is 2.58. The maximum atomic E-state index is 12.8. The summed E-state index contributed by atoms with van der Waals surface area (Å²) in [7, 11) is 0. The molecule has 0 radical (unpaired) electrons. The van der Waals surface area contributed by atoms with Crippen LogP contribution >= 0.6 is 28.3 Å². The predicted octanol–water partition coefficient (Wildman–Crippen LogP) is 2.62. The zero-order valence-corrected chi connectivity index (χ0v) is 15.6. The van der Waals surface area contributed by atoms with Crippen molar-refractivity contribution in [1.82, 2.24) is 20.0 Å². The van der Waals surface area contributed by atoms with E-state index < -0.39 is 0 Å². The fraction of sp³-hybridized carbons (Fsp3) is 0.750. The van der Waals surface area contributed by atoms with Gasteiger partial charge in [0.1, 0.15) is 0 Å². The Kier molecular flexibility index (Phi) is 5.04. The van der Waals surface area contributed by atoms with Crippen molar-refractivity contribution in [2.45, 2.75) is 38.1 Å². The van der Waals surface area contributed by atoms with Gasteiger partial charge in [-0.05, 0) is 66.5 Å². The highest BCUT2D eigenvalue weighted by Crippen LogP contribution is 2.59. The average molecular weight is 404 g/mol. The van der Waals surface area contributed by atoms with Crippen molar-refractivity contribution in [3.63, 3.8) is 0 Å². The number of amides is 1. The van der Waals surface area contributed by atoms with Gasteiger partial charge in [-0.25, -0.2) is 0 Å². The first-order valence-corrected chi connectivity index (χ1v) is 9.16. The van der Waals surface area contributed by atoms with Crippen LogP contribution in [0.3, 0.4) is 0 Å². The van der Waals surface area contributed by atoms with E-state index >= 15 is 0 Å². The number of hydrogen-bond donors (Lipinski definition) is 1. The van der Waals surface area contributed by atoms with E-state index in [2.05, 4.69) is 31.2 Å². The third-order valence-corrected chi connectivity index (χ3v) is 6.22. The fourth-order valence-electron chi connectivity index (χ4n) is 4.26. The number of nitrogens with one attached hydrogen (secondary N) is 1. The Morgan fingerprint density at radius 1 is 1.30 bits per heavy atom. The minimum absolute atomic E-state index is 0. The van der Waals surface area contributed by atoms with Gasteiger partial charge in [-0.15, -0.1) is 12.4 Å². The predicted molar refractivity (Wildman–Crippen MR) is 94.7 cm³/mol. The molecule has 1 saturated carbocycles. The lowest BCUT2D eigenvalue weighted by Gasteiger charge is -2.33. The Bertz CT molecular complexity index is 564. The van der Waals surface area contributed by atoms with E-state index in [9.17, 15) is 4.79 Å². The molecule has 23 heavy (non-hydrogen) atoms. The molecule has 0 aromatic carbocycles. The molecule has 1 atom stereocenters. The molecule has 1 amide bonds. The molecule has 3 aliphatic rings. The maximum absolute atomic E-state index is 12.8. The molecule has 1 spiro atoms. The molecule has 128 valence electrons. The van der Waals surface area contributed by atoms with Crippen LogP contribution in [0.1, 0.15) is 38.1 Å². The highest BCUT2D eigenvalue weighted by molar-refractivity contribution is 9.10. The van der Waals surface area contributed by atoms with Gasteiger partial charge in [0.05, 0.1) is 16.7 Å². The molecule has 2 saturated heterocycles. The number of halogens is 2. The quantitative estimate of drug-likeness (QED) is 0.826. The second kappa shape index (κ2) is 6.73. The number of rotatable bonds is 2. The summed E-state index contributed by atoms with van der Waals surface area (Å²) in [5.41, 5.74) is 0.353. The minimum Gasteiger partial charge on any atom is -0.342 e. The lowest BCUT2D eigenvalue weighted by molar-refractivity contribution is -0.135. The smallest absolute Gasteiger partial charge is 0.226 e. The van der Waals surface area contributed by atoms with Crippen LogP contribution in [0.2, 0.25) is 0 Å². The fourth-order valence-corrected chi connectivity index (χ4v) is 4.56. The highest BCUT2D eigenvalue weighted by atomic mass is 79.9. The second-order valence-corrected chi connectivity index (χ2v) is 7.98. The molecular weight excluding hydrogens is 380 g/mol. The van der Waals surface area contributed by atoms with E-state index in [1.54, 1.807) is 0 Å². The topological polar surface area (TPSA) is 50.2 Å². The van der Waals surface area contributed by atoms with Gasteiger partial charge in [-0.3, -0.25) is 9.48 Å². The zero-order chi connectivity index (χ0) is 15.2. The van der Waals surface area contributed by atoms with Gasteiger partial charge in [0.15, 0.2) is 0 Å². The van der Waals surface area contributed by atoms with Gasteiger partial charge in [0, 0.05) is 25.2 Å². The summed E-state index contributed by atoms with van der Waals surface area (Å²) in [5.74, 6) is 0.729. The van der Waals surface area contributed by atoms with Crippen LogP contribution in [-0.2, 0) is 4.79 Å². The summed E-state index contributed by atoms with van der Waals surface area (Å²) in [5, 5.41) is 7.79. The van der Waals surface area contributed by atoms with Crippen LogP contribution in [0.5, 0.6) is 0 Å². The number of piperidine rings is 2. The first kappa shape index (κ1) is 17.2. The summed E-state index contributed by atoms with van der Waals surface area (Å²) < 4.78 is 3.06. The molecule has 1 N–H and O–H groups in total.